The van der Waals surface area contributed by atoms with Crippen molar-refractivity contribution in [3.8, 4) is 0 Å². The Labute approximate surface area is 265 Å². The maximum absolute atomic E-state index is 11.0. The fourth-order valence-electron chi connectivity index (χ4n) is 3.23. The number of halogens is 1. The van der Waals surface area contributed by atoms with Gasteiger partial charge >= 0.3 is 0 Å². The van der Waals surface area contributed by atoms with Gasteiger partial charge in [0.15, 0.2) is 0 Å². The number of allylic oxidation sites excluding steroid dienone is 6. The molecule has 3 nitrogen and oxygen atoms in total. The summed E-state index contributed by atoms with van der Waals surface area (Å²) in [5, 5.41) is 18.2. The molecule has 0 saturated heterocycles. The molecule has 2 atom stereocenters. The summed E-state index contributed by atoms with van der Waals surface area (Å²) in [7, 11) is 0. The molecule has 0 heterocycles. The van der Waals surface area contributed by atoms with Gasteiger partial charge in [-0.15, -0.1) is 13.2 Å². The molecule has 2 unspecified atom stereocenters. The molecule has 0 aromatic rings. The summed E-state index contributed by atoms with van der Waals surface area (Å²) in [6.07, 6.45) is 32.7. The van der Waals surface area contributed by atoms with E-state index in [4.69, 9.17) is 5.11 Å². The quantitative estimate of drug-likeness (QED) is 0.0490. The first-order chi connectivity index (χ1) is 19.3. The van der Waals surface area contributed by atoms with Crippen LogP contribution in [0.15, 0.2) is 49.6 Å². The number of Topliss-reactive ketones (excluding diaryl/α,β-unsaturated/α-hetero) is 1. The normalized spacial score (nSPS) is 11.9. The van der Waals surface area contributed by atoms with Crippen LogP contribution in [0.5, 0.6) is 0 Å². The molecule has 0 fully saturated rings. The Bertz CT molecular complexity index is 542. The van der Waals surface area contributed by atoms with Gasteiger partial charge in [-0.2, -0.15) is 0 Å². The van der Waals surface area contributed by atoms with Crippen LogP contribution in [0, 0.1) is 0 Å². The zero-order valence-corrected chi connectivity index (χ0v) is 29.5. The first-order valence-corrected chi connectivity index (χ1v) is 17.8. The van der Waals surface area contributed by atoms with Crippen molar-refractivity contribution in [2.75, 3.05) is 4.43 Å². The highest BCUT2D eigenvalue weighted by Gasteiger charge is 1.98. The fourth-order valence-corrected chi connectivity index (χ4v) is 3.67. The van der Waals surface area contributed by atoms with Gasteiger partial charge in [-0.1, -0.05) is 107 Å². The number of hydrogen-bond acceptors (Lipinski definition) is 3. The second-order valence-corrected chi connectivity index (χ2v) is 11.1. The van der Waals surface area contributed by atoms with E-state index >= 15 is 0 Å². The van der Waals surface area contributed by atoms with E-state index in [1.807, 2.05) is 32.9 Å². The largest absolute Gasteiger partial charge is 0.393 e. The second kappa shape index (κ2) is 45.3. The number of carbonyl (C=O) groups is 1. The second-order valence-electron chi connectivity index (χ2n) is 10.0. The first kappa shape index (κ1) is 46.2. The smallest absolute Gasteiger partial charge is 0.132 e. The highest BCUT2D eigenvalue weighted by molar-refractivity contribution is 14.1. The van der Waals surface area contributed by atoms with Crippen LogP contribution in [-0.2, 0) is 4.79 Å². The Hall–Kier alpha value is -0.720. The molecular formula is C36H69IO3. The van der Waals surface area contributed by atoms with E-state index in [1.165, 1.54) is 43.0 Å². The van der Waals surface area contributed by atoms with Crippen LogP contribution in [0.4, 0.5) is 0 Å². The number of aliphatic hydroxyl groups is 2. The van der Waals surface area contributed by atoms with Crippen molar-refractivity contribution in [2.45, 2.75) is 169 Å². The molecule has 0 aliphatic heterocycles. The lowest BCUT2D eigenvalue weighted by Gasteiger charge is -2.04. The van der Waals surface area contributed by atoms with Gasteiger partial charge in [0.25, 0.3) is 0 Å². The number of rotatable bonds is 23. The molecule has 40 heavy (non-hydrogen) atoms. The number of aliphatic hydroxyl groups excluding tert-OH is 2. The van der Waals surface area contributed by atoms with Gasteiger partial charge in [-0.05, 0) is 101 Å². The van der Waals surface area contributed by atoms with Crippen molar-refractivity contribution in [1.82, 2.24) is 0 Å². The van der Waals surface area contributed by atoms with Crippen LogP contribution in [0.3, 0.4) is 0 Å². The van der Waals surface area contributed by atoms with Crippen molar-refractivity contribution >= 4 is 28.4 Å². The summed E-state index contributed by atoms with van der Waals surface area (Å²) in [5.41, 5.74) is 0. The van der Waals surface area contributed by atoms with Gasteiger partial charge in [0.1, 0.15) is 5.78 Å². The Morgan fingerprint density at radius 2 is 1.15 bits per heavy atom. The first-order valence-electron chi connectivity index (χ1n) is 16.3. The van der Waals surface area contributed by atoms with Crippen LogP contribution < -0.4 is 0 Å². The van der Waals surface area contributed by atoms with E-state index in [9.17, 15) is 9.90 Å². The number of alkyl halides is 1. The van der Waals surface area contributed by atoms with Crippen LogP contribution in [-0.4, -0.2) is 32.6 Å². The minimum Gasteiger partial charge on any atom is -0.393 e. The molecule has 0 saturated carbocycles. The van der Waals surface area contributed by atoms with Crippen LogP contribution in [0.1, 0.15) is 157 Å². The summed E-state index contributed by atoms with van der Waals surface area (Å²) in [4.78, 5) is 11.0. The highest BCUT2D eigenvalue weighted by Crippen LogP contribution is 2.05. The van der Waals surface area contributed by atoms with E-state index < -0.39 is 0 Å². The molecule has 0 aliphatic carbocycles. The number of carbonyl (C=O) groups excluding carboxylic acids is 1. The standard InChI is InChI=1S/C13H24O.C10H20O.C8H16O.C5H9I/c1-3-5-6-7-8-9-10-11-12-13(14)4-2;1-3-5-6-7-8-9-10(11)4-2;1-3-5-6-7-8(9)4-2;1-2-3-4-5-6/h8-9H,3-7,10-12H2,1-2H3;5-6,10-11H,3-4,7-9H2,1-2H3;3,8-9H,1,4-7H2,2H3;2H,1,3-5H2/b9-8-;6-5-;;. The molecule has 0 aromatic heterocycles. The monoisotopic (exact) mass is 676 g/mol. The summed E-state index contributed by atoms with van der Waals surface area (Å²) < 4.78 is 1.25. The van der Waals surface area contributed by atoms with Gasteiger partial charge in [-0.25, -0.2) is 0 Å². The summed E-state index contributed by atoms with van der Waals surface area (Å²) in [6, 6.07) is 0. The van der Waals surface area contributed by atoms with E-state index in [-0.39, 0.29) is 12.2 Å². The Morgan fingerprint density at radius 3 is 1.57 bits per heavy atom. The van der Waals surface area contributed by atoms with Crippen molar-refractivity contribution in [2.24, 2.45) is 0 Å². The molecule has 0 amide bonds. The zero-order chi connectivity index (χ0) is 31.1. The molecule has 2 N–H and O–H groups in total. The minimum atomic E-state index is -0.0926. The number of hydrogen-bond donors (Lipinski definition) is 2. The molecule has 0 radical (unpaired) electrons. The van der Waals surface area contributed by atoms with E-state index in [2.05, 4.69) is 73.9 Å². The van der Waals surface area contributed by atoms with E-state index in [0.717, 1.165) is 77.0 Å². The highest BCUT2D eigenvalue weighted by atomic mass is 127. The zero-order valence-electron chi connectivity index (χ0n) is 27.4. The maximum Gasteiger partial charge on any atom is 0.132 e. The van der Waals surface area contributed by atoms with Gasteiger partial charge in [0.05, 0.1) is 12.2 Å². The average Bonchev–Trinajstić information content (AvgIpc) is 2.98. The molecule has 0 aromatic carbocycles. The topological polar surface area (TPSA) is 57.5 Å². The SMILES string of the molecule is C=CCCCC(O)CC.C=CCCCI.CC/C=C\CCCC(O)CC.CCCCC/C=C\CCCC(=O)CC. The third-order valence-electron chi connectivity index (χ3n) is 6.10. The third kappa shape index (κ3) is 53.5. The lowest BCUT2D eigenvalue weighted by atomic mass is 10.1. The molecule has 0 aliphatic rings. The molecule has 0 bridgehead atoms. The van der Waals surface area contributed by atoms with Gasteiger partial charge < -0.3 is 10.2 Å². The molecule has 0 rings (SSSR count). The molecule has 4 heteroatoms. The predicted molar refractivity (Wildman–Crippen MR) is 191 cm³/mol. The maximum atomic E-state index is 11.0. The fraction of sp³-hybridized carbons (Fsp3) is 0.750. The Kier molecular flexibility index (Phi) is 52.3. The lowest BCUT2D eigenvalue weighted by Crippen LogP contribution is -2.02. The van der Waals surface area contributed by atoms with Crippen LogP contribution in [0.25, 0.3) is 0 Å². The molecular weight excluding hydrogens is 607 g/mol. The molecule has 238 valence electrons. The van der Waals surface area contributed by atoms with Crippen molar-refractivity contribution < 1.29 is 15.0 Å². The van der Waals surface area contributed by atoms with Gasteiger partial charge in [0.2, 0.25) is 0 Å². The van der Waals surface area contributed by atoms with E-state index in [0.29, 0.717) is 12.2 Å². The van der Waals surface area contributed by atoms with Crippen molar-refractivity contribution in [1.29, 1.82) is 0 Å². The summed E-state index contributed by atoms with van der Waals surface area (Å²) >= 11 is 2.36. The lowest BCUT2D eigenvalue weighted by molar-refractivity contribution is -0.118. The minimum absolute atomic E-state index is 0.0787. The Morgan fingerprint density at radius 1 is 0.675 bits per heavy atom. The summed E-state index contributed by atoms with van der Waals surface area (Å²) in [5.74, 6) is 0.393. The van der Waals surface area contributed by atoms with Gasteiger partial charge in [-0.3, -0.25) is 4.79 Å². The van der Waals surface area contributed by atoms with Crippen molar-refractivity contribution in [3.05, 3.63) is 49.6 Å². The summed E-state index contributed by atoms with van der Waals surface area (Å²) in [6.45, 7) is 17.5. The van der Waals surface area contributed by atoms with Crippen molar-refractivity contribution in [3.63, 3.8) is 0 Å². The molecule has 0 spiro atoms. The van der Waals surface area contributed by atoms with E-state index in [1.54, 1.807) is 0 Å². The average molecular weight is 677 g/mol. The Balaban J connectivity index is -0.000000225. The van der Waals surface area contributed by atoms with Crippen LogP contribution in [0.2, 0.25) is 0 Å². The number of unbranched alkanes of at least 4 members (excludes halogenated alkanes) is 7. The number of ketones is 1. The third-order valence-corrected chi connectivity index (χ3v) is 6.87. The van der Waals surface area contributed by atoms with Crippen LogP contribution >= 0.6 is 22.6 Å². The van der Waals surface area contributed by atoms with Gasteiger partial charge in [0, 0.05) is 12.8 Å². The predicted octanol–water partition coefficient (Wildman–Crippen LogP) is 11.7.